The van der Waals surface area contributed by atoms with Crippen LogP contribution in [0.25, 0.3) is 0 Å². The van der Waals surface area contributed by atoms with Gasteiger partial charge in [-0.25, -0.2) is 4.39 Å². The van der Waals surface area contributed by atoms with E-state index in [2.05, 4.69) is 15.9 Å². The molecule has 0 bridgehead atoms. The zero-order chi connectivity index (χ0) is 18.0. The summed E-state index contributed by atoms with van der Waals surface area (Å²) in [7, 11) is 1.59. The number of benzene rings is 2. The van der Waals surface area contributed by atoms with Crippen molar-refractivity contribution in [2.45, 2.75) is 24.9 Å². The summed E-state index contributed by atoms with van der Waals surface area (Å²) in [5, 5.41) is 9.61. The molecule has 1 saturated heterocycles. The van der Waals surface area contributed by atoms with Gasteiger partial charge < -0.3 is 9.84 Å². The van der Waals surface area contributed by atoms with Gasteiger partial charge in [-0.1, -0.05) is 28.1 Å². The van der Waals surface area contributed by atoms with Gasteiger partial charge in [0.15, 0.2) is 0 Å². The molecule has 2 aromatic carbocycles. The third kappa shape index (κ3) is 3.70. The largest absolute Gasteiger partial charge is 0.496 e. The first-order valence-electron chi connectivity index (χ1n) is 8.08. The van der Waals surface area contributed by atoms with Gasteiger partial charge in [-0.15, -0.1) is 0 Å². The number of nitrogens with zero attached hydrogens (tertiary/aromatic N) is 1. The number of hydrogen-bond acceptors (Lipinski definition) is 3. The van der Waals surface area contributed by atoms with Gasteiger partial charge in [0, 0.05) is 16.6 Å². The van der Waals surface area contributed by atoms with Gasteiger partial charge in [0.2, 0.25) is 0 Å². The van der Waals surface area contributed by atoms with Crippen LogP contribution < -0.4 is 4.74 Å². The van der Waals surface area contributed by atoms with Gasteiger partial charge in [0.25, 0.3) is 0 Å². The van der Waals surface area contributed by atoms with E-state index in [1.54, 1.807) is 19.2 Å². The minimum Gasteiger partial charge on any atom is -0.496 e. The molecule has 2 atom stereocenters. The maximum absolute atomic E-state index is 13.4. The van der Waals surface area contributed by atoms with Crippen LogP contribution in [0, 0.1) is 5.82 Å². The molecule has 3 rings (SSSR count). The molecule has 6 heteroatoms. The Kier molecular flexibility index (Phi) is 5.39. The summed E-state index contributed by atoms with van der Waals surface area (Å²) in [6.45, 7) is 0.661. The van der Waals surface area contributed by atoms with Crippen molar-refractivity contribution in [2.24, 2.45) is 0 Å². The second-order valence-corrected chi connectivity index (χ2v) is 6.99. The summed E-state index contributed by atoms with van der Waals surface area (Å²) in [5.74, 6) is -0.480. The van der Waals surface area contributed by atoms with E-state index in [4.69, 9.17) is 4.74 Å². The third-order valence-electron chi connectivity index (χ3n) is 4.58. The van der Waals surface area contributed by atoms with Gasteiger partial charge in [-0.3, -0.25) is 9.69 Å². The second-order valence-electron chi connectivity index (χ2n) is 6.07. The maximum Gasteiger partial charge on any atom is 0.320 e. The molecule has 2 aromatic rings. The van der Waals surface area contributed by atoms with Crippen molar-refractivity contribution in [2.75, 3.05) is 13.7 Å². The number of hydrogen-bond donors (Lipinski definition) is 1. The van der Waals surface area contributed by atoms with Crippen LogP contribution in [-0.2, 0) is 4.79 Å². The average molecular weight is 408 g/mol. The average Bonchev–Trinajstić information content (AvgIpc) is 3.07. The predicted octanol–water partition coefficient (Wildman–Crippen LogP) is 4.24. The summed E-state index contributed by atoms with van der Waals surface area (Å²) >= 11 is 3.48. The van der Waals surface area contributed by atoms with E-state index < -0.39 is 12.0 Å². The second kappa shape index (κ2) is 7.54. The smallest absolute Gasteiger partial charge is 0.320 e. The van der Waals surface area contributed by atoms with Crippen molar-refractivity contribution >= 4 is 21.9 Å². The number of carboxylic acid groups (broad SMARTS) is 1. The zero-order valence-corrected chi connectivity index (χ0v) is 15.4. The highest BCUT2D eigenvalue weighted by Gasteiger charge is 2.37. The molecule has 1 N–H and O–H groups in total. The quantitative estimate of drug-likeness (QED) is 0.805. The maximum atomic E-state index is 13.4. The van der Waals surface area contributed by atoms with Crippen LogP contribution in [0.4, 0.5) is 4.39 Å². The van der Waals surface area contributed by atoms with Crippen molar-refractivity contribution in [3.63, 3.8) is 0 Å². The summed E-state index contributed by atoms with van der Waals surface area (Å²) < 4.78 is 19.8. The Balaban J connectivity index is 2.14. The number of halogens is 2. The monoisotopic (exact) mass is 407 g/mol. The first-order chi connectivity index (χ1) is 12.0. The molecule has 0 spiro atoms. The first-order valence-corrected chi connectivity index (χ1v) is 8.88. The zero-order valence-electron chi connectivity index (χ0n) is 13.8. The molecular weight excluding hydrogens is 389 g/mol. The lowest BCUT2D eigenvalue weighted by atomic mass is 9.95. The van der Waals surface area contributed by atoms with E-state index >= 15 is 0 Å². The van der Waals surface area contributed by atoms with Crippen LogP contribution in [0.2, 0.25) is 0 Å². The van der Waals surface area contributed by atoms with E-state index in [1.165, 1.54) is 12.1 Å². The lowest BCUT2D eigenvalue weighted by Crippen LogP contribution is -2.39. The van der Waals surface area contributed by atoms with Gasteiger partial charge in [0.05, 0.1) is 13.2 Å². The van der Waals surface area contributed by atoms with E-state index in [-0.39, 0.29) is 11.9 Å². The molecule has 0 aromatic heterocycles. The molecule has 0 radical (unpaired) electrons. The number of aliphatic carboxylic acids is 1. The van der Waals surface area contributed by atoms with Gasteiger partial charge in [-0.2, -0.15) is 0 Å². The van der Waals surface area contributed by atoms with Crippen molar-refractivity contribution in [1.82, 2.24) is 4.90 Å². The molecule has 1 heterocycles. The van der Waals surface area contributed by atoms with Crippen LogP contribution in [0.15, 0.2) is 46.9 Å². The number of carboxylic acids is 1. The van der Waals surface area contributed by atoms with E-state index in [9.17, 15) is 14.3 Å². The first kappa shape index (κ1) is 17.9. The van der Waals surface area contributed by atoms with Crippen LogP contribution in [0.5, 0.6) is 5.75 Å². The molecule has 0 aliphatic carbocycles. The van der Waals surface area contributed by atoms with Gasteiger partial charge in [-0.05, 0) is 48.7 Å². The topological polar surface area (TPSA) is 49.8 Å². The van der Waals surface area contributed by atoms with Crippen LogP contribution >= 0.6 is 15.9 Å². The van der Waals surface area contributed by atoms with Crippen molar-refractivity contribution in [3.8, 4) is 5.75 Å². The molecule has 0 amide bonds. The summed E-state index contributed by atoms with van der Waals surface area (Å²) in [6, 6.07) is 11.0. The van der Waals surface area contributed by atoms with Crippen molar-refractivity contribution in [3.05, 3.63) is 63.9 Å². The molecule has 1 aliphatic rings. The number of rotatable bonds is 5. The Hall–Kier alpha value is -1.92. The molecule has 1 aliphatic heterocycles. The lowest BCUT2D eigenvalue weighted by Gasteiger charge is -2.33. The molecular formula is C19H19BrFNO3. The van der Waals surface area contributed by atoms with Crippen molar-refractivity contribution < 1.29 is 19.0 Å². The van der Waals surface area contributed by atoms with Crippen molar-refractivity contribution in [1.29, 1.82) is 0 Å². The Morgan fingerprint density at radius 1 is 1.32 bits per heavy atom. The Morgan fingerprint density at radius 3 is 2.68 bits per heavy atom. The van der Waals surface area contributed by atoms with Crippen LogP contribution in [0.1, 0.15) is 30.0 Å². The fraction of sp³-hybridized carbons (Fsp3) is 0.316. The number of carbonyl (C=O) groups is 1. The number of likely N-dealkylation sites (tertiary alicyclic amines) is 1. The molecule has 2 unspecified atom stereocenters. The lowest BCUT2D eigenvalue weighted by molar-refractivity contribution is -0.142. The molecule has 25 heavy (non-hydrogen) atoms. The summed E-state index contributed by atoms with van der Waals surface area (Å²) in [5.41, 5.74) is 1.70. The van der Waals surface area contributed by atoms with Crippen LogP contribution in [-0.4, -0.2) is 35.7 Å². The SMILES string of the molecule is COc1ccc(Br)cc1C(c1ccc(F)cc1)N1CCCC1C(=O)O. The van der Waals surface area contributed by atoms with Gasteiger partial charge >= 0.3 is 5.97 Å². The molecule has 0 saturated carbocycles. The van der Waals surface area contributed by atoms with E-state index in [1.807, 2.05) is 23.1 Å². The predicted molar refractivity (Wildman–Crippen MR) is 96.3 cm³/mol. The normalized spacial score (nSPS) is 18.9. The highest BCUT2D eigenvalue weighted by atomic mass is 79.9. The standard InChI is InChI=1S/C19H19BrFNO3/c1-25-17-9-6-13(20)11-15(17)18(12-4-7-14(21)8-5-12)22-10-2-3-16(22)19(23)24/h4-9,11,16,18H,2-3,10H2,1H3,(H,23,24). The van der Waals surface area contributed by atoms with Gasteiger partial charge in [0.1, 0.15) is 17.6 Å². The Labute approximate surface area is 154 Å². The highest BCUT2D eigenvalue weighted by molar-refractivity contribution is 9.10. The summed E-state index contributed by atoms with van der Waals surface area (Å²) in [4.78, 5) is 13.7. The minimum atomic E-state index is -0.835. The fourth-order valence-corrected chi connectivity index (χ4v) is 3.86. The summed E-state index contributed by atoms with van der Waals surface area (Å²) in [6.07, 6.45) is 1.41. The van der Waals surface area contributed by atoms with E-state index in [0.29, 0.717) is 18.7 Å². The minimum absolute atomic E-state index is 0.320. The molecule has 132 valence electrons. The Morgan fingerprint density at radius 2 is 2.04 bits per heavy atom. The molecule has 1 fully saturated rings. The number of ether oxygens (including phenoxy) is 1. The van der Waals surface area contributed by atoms with E-state index in [0.717, 1.165) is 22.0 Å². The Bertz CT molecular complexity index is 766. The number of methoxy groups -OCH3 is 1. The third-order valence-corrected chi connectivity index (χ3v) is 5.08. The fourth-order valence-electron chi connectivity index (χ4n) is 3.48. The highest BCUT2D eigenvalue weighted by Crippen LogP contribution is 2.40. The van der Waals surface area contributed by atoms with Crippen LogP contribution in [0.3, 0.4) is 0 Å². The molecule has 4 nitrogen and oxygen atoms in total.